The third-order valence-corrected chi connectivity index (χ3v) is 3.37. The van der Waals surface area contributed by atoms with Crippen LogP contribution in [0.5, 0.6) is 11.5 Å². The molecule has 0 aliphatic carbocycles. The molecule has 1 aliphatic heterocycles. The third kappa shape index (κ3) is 2.42. The second-order valence-electron chi connectivity index (χ2n) is 4.55. The largest absolute Gasteiger partial charge is 0.497 e. The van der Waals surface area contributed by atoms with Crippen LogP contribution in [-0.2, 0) is 0 Å². The summed E-state index contributed by atoms with van der Waals surface area (Å²) in [7, 11) is 1.69. The van der Waals surface area contributed by atoms with Crippen molar-refractivity contribution in [2.45, 2.75) is 6.04 Å². The first-order valence-electron chi connectivity index (χ1n) is 6.47. The molecule has 0 saturated heterocycles. The van der Waals surface area contributed by atoms with Crippen molar-refractivity contribution < 1.29 is 9.47 Å². The Morgan fingerprint density at radius 1 is 1.16 bits per heavy atom. The van der Waals surface area contributed by atoms with Crippen molar-refractivity contribution in [3.05, 3.63) is 59.7 Å². The molecule has 1 atom stereocenters. The summed E-state index contributed by atoms with van der Waals surface area (Å²) >= 11 is 0. The Bertz CT molecular complexity index is 568. The van der Waals surface area contributed by atoms with Gasteiger partial charge in [0.05, 0.1) is 13.2 Å². The summed E-state index contributed by atoms with van der Waals surface area (Å²) in [5.74, 6) is 1.84. The summed E-state index contributed by atoms with van der Waals surface area (Å²) < 4.78 is 11.1. The van der Waals surface area contributed by atoms with E-state index in [1.54, 1.807) is 7.11 Å². The predicted octanol–water partition coefficient (Wildman–Crippen LogP) is 2.77. The molecule has 0 spiro atoms. The van der Waals surface area contributed by atoms with Crippen molar-refractivity contribution in [3.8, 4) is 11.5 Å². The molecule has 19 heavy (non-hydrogen) atoms. The second-order valence-corrected chi connectivity index (χ2v) is 4.55. The molecule has 98 valence electrons. The minimum absolute atomic E-state index is 0.147. The number of methoxy groups -OCH3 is 1. The molecule has 2 aromatic carbocycles. The summed E-state index contributed by atoms with van der Waals surface area (Å²) in [6, 6.07) is 16.5. The summed E-state index contributed by atoms with van der Waals surface area (Å²) in [6.07, 6.45) is 0. The molecule has 0 bridgehead atoms. The highest BCUT2D eigenvalue weighted by atomic mass is 16.5. The Labute approximate surface area is 113 Å². The van der Waals surface area contributed by atoms with Gasteiger partial charge in [-0.2, -0.15) is 0 Å². The molecular formula is C16H17NO2. The zero-order valence-corrected chi connectivity index (χ0v) is 10.9. The van der Waals surface area contributed by atoms with Gasteiger partial charge in [-0.05, 0) is 23.8 Å². The van der Waals surface area contributed by atoms with Gasteiger partial charge in [0.15, 0.2) is 0 Å². The molecule has 1 aliphatic rings. The molecule has 3 nitrogen and oxygen atoms in total. The quantitative estimate of drug-likeness (QED) is 0.895. The van der Waals surface area contributed by atoms with Gasteiger partial charge < -0.3 is 14.8 Å². The molecule has 3 rings (SSSR count). The van der Waals surface area contributed by atoms with E-state index in [1.165, 1.54) is 11.1 Å². The lowest BCUT2D eigenvalue weighted by atomic mass is 9.98. The number of benzene rings is 2. The van der Waals surface area contributed by atoms with Crippen LogP contribution in [0.15, 0.2) is 48.5 Å². The molecule has 1 unspecified atom stereocenters. The Kier molecular flexibility index (Phi) is 3.38. The van der Waals surface area contributed by atoms with Crippen molar-refractivity contribution in [1.82, 2.24) is 5.32 Å². The third-order valence-electron chi connectivity index (χ3n) is 3.37. The van der Waals surface area contributed by atoms with Crippen molar-refractivity contribution in [3.63, 3.8) is 0 Å². The van der Waals surface area contributed by atoms with Crippen LogP contribution >= 0.6 is 0 Å². The van der Waals surface area contributed by atoms with Crippen LogP contribution in [-0.4, -0.2) is 20.3 Å². The minimum Gasteiger partial charge on any atom is -0.497 e. The molecule has 2 aromatic rings. The van der Waals surface area contributed by atoms with E-state index in [-0.39, 0.29) is 6.04 Å². The number of hydrogen-bond acceptors (Lipinski definition) is 3. The number of hydrogen-bond donors (Lipinski definition) is 1. The number of nitrogens with one attached hydrogen (secondary N) is 1. The van der Waals surface area contributed by atoms with Gasteiger partial charge in [0.25, 0.3) is 0 Å². The lowest BCUT2D eigenvalue weighted by Gasteiger charge is -2.18. The van der Waals surface area contributed by atoms with Crippen molar-refractivity contribution in [1.29, 1.82) is 0 Å². The van der Waals surface area contributed by atoms with E-state index in [1.807, 2.05) is 30.3 Å². The van der Waals surface area contributed by atoms with Crippen LogP contribution in [0.25, 0.3) is 0 Å². The van der Waals surface area contributed by atoms with Crippen LogP contribution in [0, 0.1) is 0 Å². The maximum absolute atomic E-state index is 5.76. The molecule has 0 fully saturated rings. The molecule has 3 heteroatoms. The van der Waals surface area contributed by atoms with Gasteiger partial charge in [-0.3, -0.25) is 0 Å². The van der Waals surface area contributed by atoms with Gasteiger partial charge in [0.2, 0.25) is 0 Å². The number of rotatable bonds is 2. The van der Waals surface area contributed by atoms with Crippen LogP contribution in [0.3, 0.4) is 0 Å². The highest BCUT2D eigenvalue weighted by molar-refractivity contribution is 5.43. The van der Waals surface area contributed by atoms with E-state index in [4.69, 9.17) is 9.47 Å². The average Bonchev–Trinajstić information content (AvgIpc) is 2.69. The fourth-order valence-corrected chi connectivity index (χ4v) is 2.44. The summed E-state index contributed by atoms with van der Waals surface area (Å²) in [5, 5.41) is 3.52. The van der Waals surface area contributed by atoms with Gasteiger partial charge in [-0.1, -0.05) is 30.3 Å². The molecule has 0 radical (unpaired) electrons. The first-order chi connectivity index (χ1) is 9.38. The predicted molar refractivity (Wildman–Crippen MR) is 74.8 cm³/mol. The van der Waals surface area contributed by atoms with Crippen molar-refractivity contribution in [2.24, 2.45) is 0 Å². The zero-order chi connectivity index (χ0) is 13.1. The first-order valence-corrected chi connectivity index (χ1v) is 6.47. The number of fused-ring (bicyclic) bond motifs is 1. The van der Waals surface area contributed by atoms with Crippen LogP contribution in [0.2, 0.25) is 0 Å². The normalized spacial score (nSPS) is 18.1. The topological polar surface area (TPSA) is 30.5 Å². The minimum atomic E-state index is 0.147. The van der Waals surface area contributed by atoms with E-state index in [9.17, 15) is 0 Å². The molecular weight excluding hydrogens is 238 g/mol. The van der Waals surface area contributed by atoms with Crippen molar-refractivity contribution >= 4 is 0 Å². The highest BCUT2D eigenvalue weighted by Crippen LogP contribution is 2.32. The average molecular weight is 255 g/mol. The van der Waals surface area contributed by atoms with Crippen LogP contribution in [0.1, 0.15) is 17.2 Å². The summed E-state index contributed by atoms with van der Waals surface area (Å²) in [5.41, 5.74) is 2.37. The van der Waals surface area contributed by atoms with Crippen molar-refractivity contribution in [2.75, 3.05) is 20.3 Å². The SMILES string of the molecule is COc1cccc(C2NCCOc3ccccc32)c1. The molecule has 1 heterocycles. The first kappa shape index (κ1) is 12.1. The van der Waals surface area contributed by atoms with Gasteiger partial charge in [0, 0.05) is 12.1 Å². The van der Waals surface area contributed by atoms with E-state index in [2.05, 4.69) is 23.5 Å². The monoisotopic (exact) mass is 255 g/mol. The smallest absolute Gasteiger partial charge is 0.124 e. The Hall–Kier alpha value is -2.00. The Balaban J connectivity index is 2.03. The van der Waals surface area contributed by atoms with Gasteiger partial charge in [-0.25, -0.2) is 0 Å². The second kappa shape index (κ2) is 5.33. The highest BCUT2D eigenvalue weighted by Gasteiger charge is 2.20. The Morgan fingerprint density at radius 2 is 2.05 bits per heavy atom. The standard InChI is InChI=1S/C16H17NO2/c1-18-13-6-4-5-12(11-13)16-14-7-2-3-8-15(14)19-10-9-17-16/h2-8,11,16-17H,9-10H2,1H3. The van der Waals surface area contributed by atoms with Gasteiger partial charge in [-0.15, -0.1) is 0 Å². The van der Waals surface area contributed by atoms with E-state index >= 15 is 0 Å². The Morgan fingerprint density at radius 3 is 2.95 bits per heavy atom. The lowest BCUT2D eigenvalue weighted by Crippen LogP contribution is -2.23. The number of ether oxygens (including phenoxy) is 2. The van der Waals surface area contributed by atoms with E-state index in [0.717, 1.165) is 18.0 Å². The summed E-state index contributed by atoms with van der Waals surface area (Å²) in [6.45, 7) is 1.52. The number of para-hydroxylation sites is 1. The zero-order valence-electron chi connectivity index (χ0n) is 10.9. The molecule has 1 N–H and O–H groups in total. The summed E-state index contributed by atoms with van der Waals surface area (Å²) in [4.78, 5) is 0. The lowest BCUT2D eigenvalue weighted by molar-refractivity contribution is 0.325. The fraction of sp³-hybridized carbons (Fsp3) is 0.250. The van der Waals surface area contributed by atoms with Gasteiger partial charge >= 0.3 is 0 Å². The molecule has 0 aromatic heterocycles. The van der Waals surface area contributed by atoms with Crippen LogP contribution < -0.4 is 14.8 Å². The van der Waals surface area contributed by atoms with Gasteiger partial charge in [0.1, 0.15) is 18.1 Å². The fourth-order valence-electron chi connectivity index (χ4n) is 2.44. The maximum atomic E-state index is 5.76. The van der Waals surface area contributed by atoms with E-state index in [0.29, 0.717) is 6.61 Å². The van der Waals surface area contributed by atoms with Crippen LogP contribution in [0.4, 0.5) is 0 Å². The molecule has 0 saturated carbocycles. The maximum Gasteiger partial charge on any atom is 0.124 e. The molecule has 0 amide bonds. The van der Waals surface area contributed by atoms with E-state index < -0.39 is 0 Å².